The van der Waals surface area contributed by atoms with Crippen LogP contribution >= 0.6 is 35.2 Å². The van der Waals surface area contributed by atoms with Crippen LogP contribution < -0.4 is 10.6 Å². The molecular weight excluding hydrogens is 484 g/mol. The summed E-state index contributed by atoms with van der Waals surface area (Å²) in [5, 5.41) is 10.9. The molecule has 3 aromatic rings. The highest BCUT2D eigenvalue weighted by Gasteiger charge is 2.29. The first-order chi connectivity index (χ1) is 15.8. The molecular formula is C22H23ClN4O4S2. The number of thiophene rings is 1. The number of hydrogen-bond acceptors (Lipinski definition) is 7. The van der Waals surface area contributed by atoms with Crippen LogP contribution in [0.4, 0.5) is 5.00 Å². The van der Waals surface area contributed by atoms with E-state index < -0.39 is 5.91 Å². The van der Waals surface area contributed by atoms with Crippen LogP contribution in [0.2, 0.25) is 5.02 Å². The lowest BCUT2D eigenvalue weighted by molar-refractivity contribution is 0.0526. The van der Waals surface area contributed by atoms with E-state index in [9.17, 15) is 9.59 Å². The number of nitrogens with zero attached hydrogens (tertiary/aromatic N) is 2. The van der Waals surface area contributed by atoms with Gasteiger partial charge in [0.2, 0.25) is 0 Å². The Bertz CT molecular complexity index is 1200. The summed E-state index contributed by atoms with van der Waals surface area (Å²) < 4.78 is 12.5. The molecule has 2 N–H and O–H groups in total. The van der Waals surface area contributed by atoms with Gasteiger partial charge in [0.05, 0.1) is 29.9 Å². The van der Waals surface area contributed by atoms with Crippen LogP contribution in [0.3, 0.4) is 0 Å². The van der Waals surface area contributed by atoms with Crippen LogP contribution in [0.1, 0.15) is 57.4 Å². The van der Waals surface area contributed by atoms with Gasteiger partial charge in [-0.3, -0.25) is 14.8 Å². The van der Waals surface area contributed by atoms with E-state index in [1.807, 2.05) is 0 Å². The molecule has 0 spiro atoms. The van der Waals surface area contributed by atoms with Crippen molar-refractivity contribution in [3.05, 3.63) is 57.1 Å². The van der Waals surface area contributed by atoms with Crippen molar-refractivity contribution >= 4 is 57.1 Å². The summed E-state index contributed by atoms with van der Waals surface area (Å²) in [5.41, 5.74) is 1.53. The first-order valence-corrected chi connectivity index (χ1v) is 12.1. The molecule has 0 radical (unpaired) electrons. The Morgan fingerprint density at radius 2 is 2.24 bits per heavy atom. The second-order valence-electron chi connectivity index (χ2n) is 7.81. The first kappa shape index (κ1) is 23.5. The van der Waals surface area contributed by atoms with E-state index in [0.29, 0.717) is 33.8 Å². The van der Waals surface area contributed by atoms with Gasteiger partial charge in [-0.05, 0) is 62.0 Å². The lowest BCUT2D eigenvalue weighted by atomic mass is 9.88. The van der Waals surface area contributed by atoms with Crippen LogP contribution in [0.5, 0.6) is 0 Å². The van der Waals surface area contributed by atoms with Gasteiger partial charge in [0.15, 0.2) is 10.9 Å². The molecule has 0 saturated heterocycles. The molecule has 4 rings (SSSR count). The number of carbonyl (C=O) groups is 2. The summed E-state index contributed by atoms with van der Waals surface area (Å²) in [6.07, 6.45) is 5.92. The smallest absolute Gasteiger partial charge is 0.341 e. The van der Waals surface area contributed by atoms with Crippen molar-refractivity contribution in [2.24, 2.45) is 5.92 Å². The number of ether oxygens (including phenoxy) is 1. The topological polar surface area (TPSA) is 98.4 Å². The van der Waals surface area contributed by atoms with Gasteiger partial charge in [-0.2, -0.15) is 5.10 Å². The van der Waals surface area contributed by atoms with Crippen molar-refractivity contribution < 1.29 is 18.7 Å². The second-order valence-corrected chi connectivity index (χ2v) is 9.76. The highest BCUT2D eigenvalue weighted by atomic mass is 35.5. The van der Waals surface area contributed by atoms with Crippen molar-refractivity contribution in [2.75, 3.05) is 11.9 Å². The van der Waals surface area contributed by atoms with Gasteiger partial charge in [-0.1, -0.05) is 18.5 Å². The number of amides is 1. The Kier molecular flexibility index (Phi) is 7.16. The Labute approximate surface area is 205 Å². The van der Waals surface area contributed by atoms with Crippen LogP contribution in [0, 0.1) is 5.92 Å². The monoisotopic (exact) mass is 506 g/mol. The Balaban J connectivity index is 1.44. The van der Waals surface area contributed by atoms with Crippen LogP contribution in [-0.2, 0) is 24.1 Å². The fraction of sp³-hybridized carbons (Fsp3) is 0.364. The van der Waals surface area contributed by atoms with Crippen molar-refractivity contribution in [1.29, 1.82) is 0 Å². The standard InChI is InChI=1S/C22H23ClN4O4S2/c1-3-30-21(29)18-15-6-4-12(2)8-17(15)33-20(18)26-22(32)25-19(28)16-7-5-14(31-16)11-27-10-13(23)9-24-27/h5,7,9-10,12H,3-4,6,8,11H2,1-2H3,(H2,25,26,28,32)/t12-/m1/s1. The van der Waals surface area contributed by atoms with Crippen LogP contribution in [-0.4, -0.2) is 33.4 Å². The Morgan fingerprint density at radius 1 is 1.42 bits per heavy atom. The molecule has 0 aromatic carbocycles. The number of furan rings is 1. The van der Waals surface area contributed by atoms with Gasteiger partial charge in [0.25, 0.3) is 5.91 Å². The zero-order chi connectivity index (χ0) is 23.5. The van der Waals surface area contributed by atoms with Crippen molar-refractivity contribution in [3.63, 3.8) is 0 Å². The zero-order valence-corrected chi connectivity index (χ0v) is 20.5. The molecule has 1 aliphatic rings. The fourth-order valence-electron chi connectivity index (χ4n) is 3.73. The van der Waals surface area contributed by atoms with Crippen LogP contribution in [0.25, 0.3) is 0 Å². The van der Waals surface area contributed by atoms with E-state index in [2.05, 4.69) is 22.7 Å². The summed E-state index contributed by atoms with van der Waals surface area (Å²) in [7, 11) is 0. The molecule has 0 saturated carbocycles. The number of rotatable bonds is 6. The van der Waals surface area contributed by atoms with E-state index in [1.165, 1.54) is 17.5 Å². The number of fused-ring (bicyclic) bond motifs is 1. The lowest BCUT2D eigenvalue weighted by Crippen LogP contribution is -2.34. The van der Waals surface area contributed by atoms with Gasteiger partial charge >= 0.3 is 5.97 Å². The number of thiocarbonyl (C=S) groups is 1. The third kappa shape index (κ3) is 5.45. The number of carbonyl (C=O) groups excluding carboxylic acids is 2. The molecule has 174 valence electrons. The molecule has 1 aliphatic carbocycles. The molecule has 11 heteroatoms. The van der Waals surface area contributed by atoms with Gasteiger partial charge in [-0.25, -0.2) is 4.79 Å². The maximum Gasteiger partial charge on any atom is 0.341 e. The number of aromatic nitrogens is 2. The summed E-state index contributed by atoms with van der Waals surface area (Å²) in [6.45, 7) is 4.59. The van der Waals surface area contributed by atoms with E-state index in [4.69, 9.17) is 33.0 Å². The highest BCUT2D eigenvalue weighted by Crippen LogP contribution is 2.40. The van der Waals surface area contributed by atoms with Crippen molar-refractivity contribution in [2.45, 2.75) is 39.7 Å². The van der Waals surface area contributed by atoms with E-state index in [1.54, 1.807) is 29.9 Å². The molecule has 0 unspecified atom stereocenters. The van der Waals surface area contributed by atoms with Crippen molar-refractivity contribution in [1.82, 2.24) is 15.1 Å². The molecule has 1 amide bonds. The van der Waals surface area contributed by atoms with E-state index in [0.717, 1.165) is 29.7 Å². The fourth-order valence-corrected chi connectivity index (χ4v) is 5.55. The normalized spacial score (nSPS) is 15.1. The lowest BCUT2D eigenvalue weighted by Gasteiger charge is -2.18. The molecule has 3 aromatic heterocycles. The summed E-state index contributed by atoms with van der Waals surface area (Å²) in [4.78, 5) is 26.4. The second kappa shape index (κ2) is 10.1. The predicted octanol–water partition coefficient (Wildman–Crippen LogP) is 4.67. The first-order valence-electron chi connectivity index (χ1n) is 10.5. The zero-order valence-electron chi connectivity index (χ0n) is 18.1. The number of hydrogen-bond donors (Lipinski definition) is 2. The minimum Gasteiger partial charge on any atom is -0.462 e. The molecule has 33 heavy (non-hydrogen) atoms. The molecule has 0 fully saturated rings. The van der Waals surface area contributed by atoms with Crippen LogP contribution in [0.15, 0.2) is 28.9 Å². The molecule has 8 nitrogen and oxygen atoms in total. The molecule has 0 bridgehead atoms. The Morgan fingerprint density at radius 3 is 2.97 bits per heavy atom. The van der Waals surface area contributed by atoms with Gasteiger partial charge < -0.3 is 14.5 Å². The minimum atomic E-state index is -0.495. The molecule has 3 heterocycles. The maximum atomic E-state index is 12.6. The average Bonchev–Trinajstić information content (AvgIpc) is 3.46. The minimum absolute atomic E-state index is 0.0778. The summed E-state index contributed by atoms with van der Waals surface area (Å²) >= 11 is 12.7. The largest absolute Gasteiger partial charge is 0.462 e. The third-order valence-electron chi connectivity index (χ3n) is 5.25. The highest BCUT2D eigenvalue weighted by molar-refractivity contribution is 7.80. The SMILES string of the molecule is CCOC(=O)c1c(NC(=S)NC(=O)c2ccc(Cn3cc(Cl)cn3)o2)sc2c1CC[C@@H](C)C2. The van der Waals surface area contributed by atoms with E-state index >= 15 is 0 Å². The third-order valence-corrected chi connectivity index (χ3v) is 6.82. The number of nitrogens with one attached hydrogen (secondary N) is 2. The molecule has 1 atom stereocenters. The van der Waals surface area contributed by atoms with Gasteiger partial charge in [0, 0.05) is 11.1 Å². The summed E-state index contributed by atoms with van der Waals surface area (Å²) in [5.74, 6) is 0.331. The van der Waals surface area contributed by atoms with Gasteiger partial charge in [-0.15, -0.1) is 11.3 Å². The average molecular weight is 507 g/mol. The predicted molar refractivity (Wildman–Crippen MR) is 130 cm³/mol. The number of esters is 1. The quantitative estimate of drug-likeness (QED) is 0.370. The maximum absolute atomic E-state index is 12.6. The molecule has 0 aliphatic heterocycles. The number of halogens is 1. The Hall–Kier alpha value is -2.69. The summed E-state index contributed by atoms with van der Waals surface area (Å²) in [6, 6.07) is 3.25. The number of anilines is 1. The van der Waals surface area contributed by atoms with Gasteiger partial charge in [0.1, 0.15) is 10.8 Å². The van der Waals surface area contributed by atoms with E-state index in [-0.39, 0.29) is 23.4 Å². The van der Waals surface area contributed by atoms with Crippen molar-refractivity contribution in [3.8, 4) is 0 Å².